The molecule has 146 valence electrons. The predicted octanol–water partition coefficient (Wildman–Crippen LogP) is 3.11. The summed E-state index contributed by atoms with van der Waals surface area (Å²) in [5.74, 6) is 0.731. The second kappa shape index (κ2) is 9.08. The number of piperidine rings is 1. The summed E-state index contributed by atoms with van der Waals surface area (Å²) in [6, 6.07) is 5.03. The largest absolute Gasteiger partial charge is 0.340 e. The first-order chi connectivity index (χ1) is 13.1. The lowest BCUT2D eigenvalue weighted by atomic mass is 10.0. The number of hydrogen-bond acceptors (Lipinski definition) is 5. The fourth-order valence-electron chi connectivity index (χ4n) is 3.49. The minimum absolute atomic E-state index is 0.140. The van der Waals surface area contributed by atoms with Crippen LogP contribution in [0.1, 0.15) is 44.1 Å². The van der Waals surface area contributed by atoms with Crippen molar-refractivity contribution in [3.05, 3.63) is 35.5 Å². The molecule has 2 heterocycles. The lowest BCUT2D eigenvalue weighted by molar-refractivity contribution is -0.134. The van der Waals surface area contributed by atoms with Crippen LogP contribution in [0.5, 0.6) is 0 Å². The van der Waals surface area contributed by atoms with Gasteiger partial charge in [-0.25, -0.2) is 4.39 Å². The molecule has 1 amide bonds. The summed E-state index contributed by atoms with van der Waals surface area (Å²) in [5, 5.41) is 7.30. The van der Waals surface area contributed by atoms with Crippen LogP contribution in [0, 0.1) is 12.7 Å². The maximum Gasteiger partial charge on any atom is 0.227 e. The SMILES string of the molecule is CCCN(C(=O)CCc1nc(-c2ccc(F)c(C)c2)no1)C1CCNCC1. The smallest absolute Gasteiger partial charge is 0.227 e. The van der Waals surface area contributed by atoms with Crippen LogP contribution in [-0.4, -0.2) is 46.6 Å². The van der Waals surface area contributed by atoms with E-state index in [9.17, 15) is 9.18 Å². The highest BCUT2D eigenvalue weighted by Gasteiger charge is 2.24. The number of carbonyl (C=O) groups is 1. The summed E-state index contributed by atoms with van der Waals surface area (Å²) in [5.41, 5.74) is 1.24. The number of carbonyl (C=O) groups excluding carboxylic acids is 1. The van der Waals surface area contributed by atoms with Gasteiger partial charge < -0.3 is 14.7 Å². The Kier molecular flexibility index (Phi) is 6.55. The molecule has 0 atom stereocenters. The highest BCUT2D eigenvalue weighted by Crippen LogP contribution is 2.20. The summed E-state index contributed by atoms with van der Waals surface area (Å²) in [4.78, 5) is 19.1. The summed E-state index contributed by atoms with van der Waals surface area (Å²) >= 11 is 0. The molecule has 1 saturated heterocycles. The third-order valence-corrected chi connectivity index (χ3v) is 4.97. The van der Waals surface area contributed by atoms with Gasteiger partial charge >= 0.3 is 0 Å². The van der Waals surface area contributed by atoms with Crippen LogP contribution >= 0.6 is 0 Å². The van der Waals surface area contributed by atoms with E-state index >= 15 is 0 Å². The molecule has 6 nitrogen and oxygen atoms in total. The summed E-state index contributed by atoms with van der Waals surface area (Å²) in [7, 11) is 0. The fourth-order valence-corrected chi connectivity index (χ4v) is 3.49. The van der Waals surface area contributed by atoms with Crippen molar-refractivity contribution in [1.29, 1.82) is 0 Å². The molecule has 0 bridgehead atoms. The van der Waals surface area contributed by atoms with E-state index in [2.05, 4.69) is 22.4 Å². The molecule has 3 rings (SSSR count). The van der Waals surface area contributed by atoms with Crippen LogP contribution in [0.2, 0.25) is 0 Å². The molecule has 1 aromatic carbocycles. The Balaban J connectivity index is 1.61. The van der Waals surface area contributed by atoms with Gasteiger partial charge in [0.25, 0.3) is 0 Å². The van der Waals surface area contributed by atoms with E-state index in [0.717, 1.165) is 38.9 Å². The van der Waals surface area contributed by atoms with E-state index in [1.54, 1.807) is 19.1 Å². The fraction of sp³-hybridized carbons (Fsp3) is 0.550. The lowest BCUT2D eigenvalue weighted by Crippen LogP contribution is -2.46. The Morgan fingerprint density at radius 2 is 2.15 bits per heavy atom. The Morgan fingerprint density at radius 3 is 2.85 bits per heavy atom. The Bertz CT molecular complexity index is 771. The monoisotopic (exact) mass is 374 g/mol. The normalized spacial score (nSPS) is 15.1. The van der Waals surface area contributed by atoms with Crippen LogP contribution in [-0.2, 0) is 11.2 Å². The van der Waals surface area contributed by atoms with Gasteiger partial charge in [0.05, 0.1) is 0 Å². The molecular formula is C20H27FN4O2. The average molecular weight is 374 g/mol. The first-order valence-electron chi connectivity index (χ1n) is 9.67. The number of nitrogens with zero attached hydrogens (tertiary/aromatic N) is 3. The van der Waals surface area contributed by atoms with Gasteiger partial charge in [-0.3, -0.25) is 4.79 Å². The molecule has 7 heteroatoms. The maximum atomic E-state index is 13.4. The molecule has 1 aliphatic heterocycles. The molecule has 1 fully saturated rings. The van der Waals surface area contributed by atoms with E-state index in [4.69, 9.17) is 4.52 Å². The van der Waals surface area contributed by atoms with Gasteiger partial charge in [0.15, 0.2) is 0 Å². The molecule has 0 unspecified atom stereocenters. The molecule has 0 spiro atoms. The Labute approximate surface area is 159 Å². The molecule has 1 aromatic heterocycles. The van der Waals surface area contributed by atoms with Gasteiger partial charge in [-0.05, 0) is 63.0 Å². The third-order valence-electron chi connectivity index (χ3n) is 4.97. The zero-order valence-electron chi connectivity index (χ0n) is 16.0. The molecule has 0 saturated carbocycles. The zero-order valence-corrected chi connectivity index (χ0v) is 16.0. The van der Waals surface area contributed by atoms with Crippen LogP contribution in [0.15, 0.2) is 22.7 Å². The Morgan fingerprint density at radius 1 is 1.37 bits per heavy atom. The number of halogens is 1. The van der Waals surface area contributed by atoms with Gasteiger partial charge in [-0.1, -0.05) is 12.1 Å². The maximum absolute atomic E-state index is 13.4. The topological polar surface area (TPSA) is 71.3 Å². The van der Waals surface area contributed by atoms with E-state index in [1.165, 1.54) is 6.07 Å². The van der Waals surface area contributed by atoms with Crippen molar-refractivity contribution in [2.75, 3.05) is 19.6 Å². The molecule has 27 heavy (non-hydrogen) atoms. The highest BCUT2D eigenvalue weighted by atomic mass is 19.1. The van der Waals surface area contributed by atoms with E-state index in [-0.39, 0.29) is 11.7 Å². The second-order valence-corrected chi connectivity index (χ2v) is 7.04. The van der Waals surface area contributed by atoms with Gasteiger partial charge in [0, 0.05) is 31.0 Å². The number of benzene rings is 1. The number of aromatic nitrogens is 2. The first-order valence-corrected chi connectivity index (χ1v) is 9.67. The second-order valence-electron chi connectivity index (χ2n) is 7.04. The quantitative estimate of drug-likeness (QED) is 0.806. The summed E-state index contributed by atoms with van der Waals surface area (Å²) in [6.07, 6.45) is 3.72. The van der Waals surface area contributed by atoms with Crippen LogP contribution in [0.25, 0.3) is 11.4 Å². The molecule has 1 aliphatic rings. The minimum atomic E-state index is -0.262. The van der Waals surface area contributed by atoms with Crippen molar-refractivity contribution in [3.8, 4) is 11.4 Å². The van der Waals surface area contributed by atoms with Crippen molar-refractivity contribution < 1.29 is 13.7 Å². The molecular weight excluding hydrogens is 347 g/mol. The highest BCUT2D eigenvalue weighted by molar-refractivity contribution is 5.76. The predicted molar refractivity (Wildman–Crippen MR) is 101 cm³/mol. The first kappa shape index (κ1) is 19.5. The van der Waals surface area contributed by atoms with E-state index in [1.807, 2.05) is 4.90 Å². The molecule has 0 radical (unpaired) electrons. The third kappa shape index (κ3) is 4.91. The number of hydrogen-bond donors (Lipinski definition) is 1. The van der Waals surface area contributed by atoms with Crippen LogP contribution in [0.3, 0.4) is 0 Å². The number of amides is 1. The minimum Gasteiger partial charge on any atom is -0.340 e. The van der Waals surface area contributed by atoms with Gasteiger partial charge in [-0.2, -0.15) is 4.98 Å². The van der Waals surface area contributed by atoms with Gasteiger partial charge in [0.2, 0.25) is 17.6 Å². The standard InChI is InChI=1S/C20H27FN4O2/c1-3-12-25(16-8-10-22-11-9-16)19(26)7-6-18-23-20(24-27-18)15-4-5-17(21)14(2)13-15/h4-5,13,16,22H,3,6-12H2,1-2H3. The Hall–Kier alpha value is -2.28. The van der Waals surface area contributed by atoms with Crippen molar-refractivity contribution >= 4 is 5.91 Å². The van der Waals surface area contributed by atoms with E-state index in [0.29, 0.717) is 41.7 Å². The number of nitrogens with one attached hydrogen (secondary N) is 1. The zero-order chi connectivity index (χ0) is 19.2. The lowest BCUT2D eigenvalue weighted by Gasteiger charge is -2.34. The van der Waals surface area contributed by atoms with Gasteiger partial charge in [-0.15, -0.1) is 0 Å². The molecule has 0 aliphatic carbocycles. The summed E-state index contributed by atoms with van der Waals surface area (Å²) in [6.45, 7) is 6.50. The average Bonchev–Trinajstić information content (AvgIpc) is 3.16. The molecule has 2 aromatic rings. The van der Waals surface area contributed by atoms with Crippen molar-refractivity contribution in [2.45, 2.75) is 52.0 Å². The van der Waals surface area contributed by atoms with Gasteiger partial charge in [0.1, 0.15) is 5.82 Å². The number of rotatable bonds is 7. The van der Waals surface area contributed by atoms with Crippen LogP contribution < -0.4 is 5.32 Å². The summed E-state index contributed by atoms with van der Waals surface area (Å²) < 4.78 is 18.7. The van der Waals surface area contributed by atoms with Crippen molar-refractivity contribution in [1.82, 2.24) is 20.4 Å². The van der Waals surface area contributed by atoms with Crippen molar-refractivity contribution in [3.63, 3.8) is 0 Å². The number of aryl methyl sites for hydroxylation is 2. The van der Waals surface area contributed by atoms with Crippen molar-refractivity contribution in [2.24, 2.45) is 0 Å². The van der Waals surface area contributed by atoms with Crippen LogP contribution in [0.4, 0.5) is 4.39 Å². The van der Waals surface area contributed by atoms with E-state index < -0.39 is 0 Å². The molecule has 1 N–H and O–H groups in total.